The van der Waals surface area contributed by atoms with Crippen molar-refractivity contribution in [1.82, 2.24) is 14.8 Å². The predicted molar refractivity (Wildman–Crippen MR) is 109 cm³/mol. The minimum absolute atomic E-state index is 0.112. The third kappa shape index (κ3) is 4.19. The van der Waals surface area contributed by atoms with Crippen LogP contribution in [0, 0.1) is 17.2 Å². The first kappa shape index (κ1) is 19.9. The molecule has 144 valence electrons. The number of carbonyl (C=O) groups is 1. The number of carbonyl (C=O) groups excluding carboxylic acids is 1. The van der Waals surface area contributed by atoms with Crippen molar-refractivity contribution in [2.24, 2.45) is 5.92 Å². The molecule has 1 aliphatic carbocycles. The van der Waals surface area contributed by atoms with E-state index in [4.69, 9.17) is 0 Å². The molecular formula is C19H25N5OS2. The molecule has 1 N–H and O–H groups in total. The molecule has 0 spiro atoms. The van der Waals surface area contributed by atoms with Crippen molar-refractivity contribution in [2.75, 3.05) is 11.1 Å². The van der Waals surface area contributed by atoms with E-state index in [1.807, 2.05) is 6.92 Å². The van der Waals surface area contributed by atoms with Crippen LogP contribution in [0.15, 0.2) is 5.16 Å². The van der Waals surface area contributed by atoms with Gasteiger partial charge in [-0.15, -0.1) is 21.5 Å². The largest absolute Gasteiger partial charge is 0.316 e. The van der Waals surface area contributed by atoms with Gasteiger partial charge in [-0.3, -0.25) is 4.79 Å². The molecule has 0 aliphatic heterocycles. The Hall–Kier alpha value is -1.85. The first-order chi connectivity index (χ1) is 12.9. The number of nitrogens with zero attached hydrogens (tertiary/aromatic N) is 4. The molecular weight excluding hydrogens is 378 g/mol. The van der Waals surface area contributed by atoms with Gasteiger partial charge in [0.05, 0.1) is 11.3 Å². The number of amides is 1. The second-order valence-electron chi connectivity index (χ2n) is 7.22. The Morgan fingerprint density at radius 2 is 2.26 bits per heavy atom. The van der Waals surface area contributed by atoms with Crippen molar-refractivity contribution in [3.05, 3.63) is 21.8 Å². The molecule has 0 bridgehead atoms. The third-order valence-corrected chi connectivity index (χ3v) is 6.89. The molecule has 3 rings (SSSR count). The highest BCUT2D eigenvalue weighted by atomic mass is 32.2. The SMILES string of the molecule is CCc1nnc(SCC(=O)Nc2sc3c(c2C#N)CCC(C)C3)n1C(C)C. The first-order valence-corrected chi connectivity index (χ1v) is 11.2. The van der Waals surface area contributed by atoms with Crippen LogP contribution < -0.4 is 5.32 Å². The van der Waals surface area contributed by atoms with Gasteiger partial charge >= 0.3 is 0 Å². The fourth-order valence-corrected chi connectivity index (χ4v) is 5.68. The number of nitriles is 1. The molecule has 0 saturated carbocycles. The average molecular weight is 404 g/mol. The lowest BCUT2D eigenvalue weighted by Crippen LogP contribution is -2.15. The van der Waals surface area contributed by atoms with Gasteiger partial charge in [-0.1, -0.05) is 25.6 Å². The van der Waals surface area contributed by atoms with E-state index in [-0.39, 0.29) is 17.7 Å². The Bertz CT molecular complexity index is 878. The highest BCUT2D eigenvalue weighted by Crippen LogP contribution is 2.39. The number of aryl methyl sites for hydroxylation is 1. The number of thioether (sulfide) groups is 1. The van der Waals surface area contributed by atoms with Gasteiger partial charge in [0.15, 0.2) is 5.16 Å². The molecule has 1 aliphatic rings. The Balaban J connectivity index is 1.69. The molecule has 1 unspecified atom stereocenters. The van der Waals surface area contributed by atoms with Gasteiger partial charge in [0, 0.05) is 17.3 Å². The van der Waals surface area contributed by atoms with Crippen LogP contribution in [0.3, 0.4) is 0 Å². The van der Waals surface area contributed by atoms with Crippen LogP contribution >= 0.6 is 23.1 Å². The molecule has 27 heavy (non-hydrogen) atoms. The van der Waals surface area contributed by atoms with Gasteiger partial charge in [-0.2, -0.15) is 5.26 Å². The van der Waals surface area contributed by atoms with Gasteiger partial charge in [0.25, 0.3) is 0 Å². The number of fused-ring (bicyclic) bond motifs is 1. The maximum Gasteiger partial charge on any atom is 0.235 e. The van der Waals surface area contributed by atoms with E-state index in [2.05, 4.69) is 46.9 Å². The molecule has 1 amide bonds. The van der Waals surface area contributed by atoms with Gasteiger partial charge in [-0.05, 0) is 44.6 Å². The topological polar surface area (TPSA) is 83.6 Å². The summed E-state index contributed by atoms with van der Waals surface area (Å²) in [6.45, 7) is 8.46. The van der Waals surface area contributed by atoms with E-state index in [1.54, 1.807) is 11.3 Å². The zero-order valence-corrected chi connectivity index (χ0v) is 17.8. The van der Waals surface area contributed by atoms with Crippen molar-refractivity contribution in [3.63, 3.8) is 0 Å². The van der Waals surface area contributed by atoms with Crippen LogP contribution in [0.5, 0.6) is 0 Å². The molecule has 0 saturated heterocycles. The summed E-state index contributed by atoms with van der Waals surface area (Å²) >= 11 is 2.95. The molecule has 0 aromatic carbocycles. The standard InChI is InChI=1S/C19H25N5OS2/c1-5-16-22-23-19(24(16)11(2)3)26-10-17(25)21-18-14(9-20)13-7-6-12(4)8-15(13)27-18/h11-12H,5-8,10H2,1-4H3,(H,21,25). The van der Waals surface area contributed by atoms with Gasteiger partial charge in [0.1, 0.15) is 16.9 Å². The summed E-state index contributed by atoms with van der Waals surface area (Å²) in [7, 11) is 0. The molecule has 8 heteroatoms. The predicted octanol–water partition coefficient (Wildman–Crippen LogP) is 4.21. The van der Waals surface area contributed by atoms with Crippen molar-refractivity contribution in [3.8, 4) is 6.07 Å². The van der Waals surface area contributed by atoms with Gasteiger partial charge < -0.3 is 9.88 Å². The van der Waals surface area contributed by atoms with Crippen molar-refractivity contribution >= 4 is 34.0 Å². The number of rotatable bonds is 6. The fraction of sp³-hybridized carbons (Fsp3) is 0.579. The van der Waals surface area contributed by atoms with Crippen molar-refractivity contribution in [2.45, 2.75) is 64.6 Å². The summed E-state index contributed by atoms with van der Waals surface area (Å²) in [5, 5.41) is 22.4. The molecule has 2 aromatic rings. The Labute approximate surface area is 168 Å². The van der Waals surface area contributed by atoms with Crippen LogP contribution in [0.4, 0.5) is 5.00 Å². The maximum atomic E-state index is 12.5. The highest BCUT2D eigenvalue weighted by Gasteiger charge is 2.25. The lowest BCUT2D eigenvalue weighted by molar-refractivity contribution is -0.113. The van der Waals surface area contributed by atoms with Crippen LogP contribution in [0.1, 0.15) is 62.0 Å². The van der Waals surface area contributed by atoms with Crippen LogP contribution in [-0.4, -0.2) is 26.4 Å². The summed E-state index contributed by atoms with van der Waals surface area (Å²) in [6.07, 6.45) is 3.84. The molecule has 6 nitrogen and oxygen atoms in total. The van der Waals surface area contributed by atoms with E-state index in [1.165, 1.54) is 16.6 Å². The number of hydrogen-bond acceptors (Lipinski definition) is 6. The zero-order valence-electron chi connectivity index (χ0n) is 16.2. The summed E-state index contributed by atoms with van der Waals surface area (Å²) in [6, 6.07) is 2.54. The second kappa shape index (κ2) is 8.44. The number of anilines is 1. The van der Waals surface area contributed by atoms with Crippen LogP contribution in [0.2, 0.25) is 0 Å². The monoisotopic (exact) mass is 403 g/mol. The molecule has 2 heterocycles. The van der Waals surface area contributed by atoms with E-state index >= 15 is 0 Å². The normalized spacial score (nSPS) is 16.2. The average Bonchev–Trinajstić information content (AvgIpc) is 3.19. The van der Waals surface area contributed by atoms with Gasteiger partial charge in [0.2, 0.25) is 5.91 Å². The Kier molecular flexibility index (Phi) is 6.22. The summed E-state index contributed by atoms with van der Waals surface area (Å²) in [5.41, 5.74) is 1.79. The molecule has 1 atom stereocenters. The van der Waals surface area contributed by atoms with Crippen molar-refractivity contribution < 1.29 is 4.79 Å². The summed E-state index contributed by atoms with van der Waals surface area (Å²) < 4.78 is 2.07. The van der Waals surface area contributed by atoms with Crippen molar-refractivity contribution in [1.29, 1.82) is 5.26 Å². The smallest absolute Gasteiger partial charge is 0.235 e. The fourth-order valence-electron chi connectivity index (χ4n) is 3.42. The number of aromatic nitrogens is 3. The molecule has 2 aromatic heterocycles. The van der Waals surface area contributed by atoms with Gasteiger partial charge in [-0.25, -0.2) is 0 Å². The molecule has 0 fully saturated rings. The maximum absolute atomic E-state index is 12.5. The summed E-state index contributed by atoms with van der Waals surface area (Å²) in [5.74, 6) is 1.70. The zero-order chi connectivity index (χ0) is 19.6. The first-order valence-electron chi connectivity index (χ1n) is 9.35. The minimum atomic E-state index is -0.112. The quantitative estimate of drug-likeness (QED) is 0.731. The number of hydrogen-bond donors (Lipinski definition) is 1. The van der Waals surface area contributed by atoms with E-state index in [9.17, 15) is 10.1 Å². The van der Waals surface area contributed by atoms with Crippen LogP contribution in [-0.2, 0) is 24.1 Å². The molecule has 0 radical (unpaired) electrons. The summed E-state index contributed by atoms with van der Waals surface area (Å²) in [4.78, 5) is 13.7. The lowest BCUT2D eigenvalue weighted by Gasteiger charge is -2.17. The lowest BCUT2D eigenvalue weighted by atomic mass is 9.89. The minimum Gasteiger partial charge on any atom is -0.316 e. The highest BCUT2D eigenvalue weighted by molar-refractivity contribution is 7.99. The number of nitrogens with one attached hydrogen (secondary N) is 1. The van der Waals surface area contributed by atoms with E-state index in [0.29, 0.717) is 16.5 Å². The Morgan fingerprint density at radius 3 is 2.93 bits per heavy atom. The van der Waals surface area contributed by atoms with E-state index in [0.717, 1.165) is 42.2 Å². The van der Waals surface area contributed by atoms with E-state index < -0.39 is 0 Å². The van der Waals surface area contributed by atoms with Crippen LogP contribution in [0.25, 0.3) is 0 Å². The third-order valence-electron chi connectivity index (χ3n) is 4.78. The Morgan fingerprint density at radius 1 is 1.48 bits per heavy atom. The number of thiophene rings is 1. The second-order valence-corrected chi connectivity index (χ2v) is 9.27.